The average Bonchev–Trinajstić information content (AvgIpc) is 2.62. The normalized spacial score (nSPS) is 19.5. The van der Waals surface area contributed by atoms with Crippen LogP contribution in [0.25, 0.3) is 0 Å². The van der Waals surface area contributed by atoms with Gasteiger partial charge in [-0.05, 0) is 30.1 Å². The molecule has 100 valence electrons. The third-order valence-corrected chi connectivity index (χ3v) is 3.58. The van der Waals surface area contributed by atoms with Crippen molar-refractivity contribution in [2.45, 2.75) is 60.8 Å². The Hall–Kier alpha value is -0.530. The van der Waals surface area contributed by atoms with Crippen molar-refractivity contribution in [3.63, 3.8) is 0 Å². The van der Waals surface area contributed by atoms with E-state index in [4.69, 9.17) is 0 Å². The van der Waals surface area contributed by atoms with Gasteiger partial charge in [-0.3, -0.25) is 4.79 Å². The molecule has 0 aliphatic carbocycles. The highest BCUT2D eigenvalue weighted by atomic mass is 16.2. The van der Waals surface area contributed by atoms with Crippen LogP contribution in [0.5, 0.6) is 0 Å². The largest absolute Gasteiger partial charge is 0.342 e. The monoisotopic (exact) mass is 239 g/mol. The van der Waals surface area contributed by atoms with E-state index >= 15 is 0 Å². The van der Waals surface area contributed by atoms with Gasteiger partial charge in [0.25, 0.3) is 0 Å². The third-order valence-electron chi connectivity index (χ3n) is 3.58. The third kappa shape index (κ3) is 4.33. The van der Waals surface area contributed by atoms with Crippen LogP contribution in [0.4, 0.5) is 0 Å². The van der Waals surface area contributed by atoms with Gasteiger partial charge in [0.05, 0.1) is 0 Å². The molecule has 1 heterocycles. The molecule has 0 bridgehead atoms. The first-order valence-electron chi connectivity index (χ1n) is 6.90. The van der Waals surface area contributed by atoms with E-state index in [1.165, 1.54) is 12.8 Å². The first kappa shape index (κ1) is 14.5. The lowest BCUT2D eigenvalue weighted by Gasteiger charge is -2.36. The fourth-order valence-electron chi connectivity index (χ4n) is 2.53. The second kappa shape index (κ2) is 4.99. The van der Waals surface area contributed by atoms with Gasteiger partial charge in [-0.25, -0.2) is 0 Å². The molecular weight excluding hydrogens is 210 g/mol. The number of hydrogen-bond donors (Lipinski definition) is 0. The van der Waals surface area contributed by atoms with Crippen LogP contribution in [-0.4, -0.2) is 23.9 Å². The molecule has 0 radical (unpaired) electrons. The number of carbonyl (C=O) groups is 1. The smallest absolute Gasteiger partial charge is 0.226 e. The van der Waals surface area contributed by atoms with Crippen LogP contribution in [0.1, 0.15) is 60.8 Å². The fraction of sp³-hybridized carbons (Fsp3) is 0.933. The fourth-order valence-corrected chi connectivity index (χ4v) is 2.53. The molecule has 1 fully saturated rings. The van der Waals surface area contributed by atoms with Crippen LogP contribution in [-0.2, 0) is 4.79 Å². The number of rotatable bonds is 2. The van der Waals surface area contributed by atoms with Gasteiger partial charge in [0.2, 0.25) is 5.91 Å². The Bertz CT molecular complexity index is 264. The highest BCUT2D eigenvalue weighted by Crippen LogP contribution is 2.37. The topological polar surface area (TPSA) is 20.3 Å². The van der Waals surface area contributed by atoms with Gasteiger partial charge >= 0.3 is 0 Å². The van der Waals surface area contributed by atoms with Gasteiger partial charge in [0, 0.05) is 19.0 Å². The highest BCUT2D eigenvalue weighted by Gasteiger charge is 2.37. The van der Waals surface area contributed by atoms with Crippen molar-refractivity contribution in [2.75, 3.05) is 13.1 Å². The van der Waals surface area contributed by atoms with Crippen LogP contribution in [0.2, 0.25) is 0 Å². The summed E-state index contributed by atoms with van der Waals surface area (Å²) >= 11 is 0. The lowest BCUT2D eigenvalue weighted by atomic mass is 9.71. The lowest BCUT2D eigenvalue weighted by molar-refractivity contribution is -0.139. The van der Waals surface area contributed by atoms with Gasteiger partial charge in [-0.1, -0.05) is 41.5 Å². The molecule has 0 N–H and O–H groups in total. The Balaban J connectivity index is 2.79. The summed E-state index contributed by atoms with van der Waals surface area (Å²) in [6, 6.07) is 0. The number of likely N-dealkylation sites (tertiary alicyclic amines) is 1. The maximum absolute atomic E-state index is 12.6. The minimum absolute atomic E-state index is 0.0625. The van der Waals surface area contributed by atoms with Crippen molar-refractivity contribution in [2.24, 2.45) is 16.7 Å². The summed E-state index contributed by atoms with van der Waals surface area (Å²) in [7, 11) is 0. The molecule has 0 aromatic heterocycles. The molecule has 1 amide bonds. The van der Waals surface area contributed by atoms with Crippen LogP contribution < -0.4 is 0 Å². The van der Waals surface area contributed by atoms with Gasteiger partial charge in [0.1, 0.15) is 0 Å². The van der Waals surface area contributed by atoms with Crippen LogP contribution in [0.3, 0.4) is 0 Å². The molecule has 0 saturated carbocycles. The van der Waals surface area contributed by atoms with Gasteiger partial charge in [0.15, 0.2) is 0 Å². The minimum Gasteiger partial charge on any atom is -0.342 e. The standard InChI is InChI=1S/C15H29NO/c1-14(2,3)11-12(15(4,5)6)13(17)16-9-7-8-10-16/h12H,7-11H2,1-6H3. The predicted octanol–water partition coefficient (Wildman–Crippen LogP) is 3.71. The molecule has 1 unspecified atom stereocenters. The molecule has 0 spiro atoms. The highest BCUT2D eigenvalue weighted by molar-refractivity contribution is 5.79. The molecule has 1 saturated heterocycles. The number of carbonyl (C=O) groups excluding carboxylic acids is 1. The second-order valence-corrected chi connectivity index (χ2v) is 7.72. The van der Waals surface area contributed by atoms with Gasteiger partial charge in [-0.2, -0.15) is 0 Å². The van der Waals surface area contributed by atoms with Crippen LogP contribution in [0, 0.1) is 16.7 Å². The molecule has 17 heavy (non-hydrogen) atoms. The Labute approximate surface area is 107 Å². The van der Waals surface area contributed by atoms with E-state index in [9.17, 15) is 4.79 Å². The Morgan fingerprint density at radius 1 is 1.06 bits per heavy atom. The maximum Gasteiger partial charge on any atom is 0.226 e. The summed E-state index contributed by atoms with van der Waals surface area (Å²) < 4.78 is 0. The molecule has 1 aliphatic rings. The summed E-state index contributed by atoms with van der Waals surface area (Å²) in [4.78, 5) is 14.7. The van der Waals surface area contributed by atoms with Crippen molar-refractivity contribution >= 4 is 5.91 Å². The zero-order chi connectivity index (χ0) is 13.3. The van der Waals surface area contributed by atoms with E-state index < -0.39 is 0 Å². The summed E-state index contributed by atoms with van der Waals surface area (Å²) in [6.45, 7) is 15.2. The zero-order valence-electron chi connectivity index (χ0n) is 12.5. The predicted molar refractivity (Wildman–Crippen MR) is 72.8 cm³/mol. The summed E-state index contributed by atoms with van der Waals surface area (Å²) in [5, 5.41) is 0. The van der Waals surface area contributed by atoms with Crippen molar-refractivity contribution < 1.29 is 4.79 Å². The number of hydrogen-bond acceptors (Lipinski definition) is 1. The van der Waals surface area contributed by atoms with E-state index in [0.717, 1.165) is 19.5 Å². The Kier molecular flexibility index (Phi) is 4.27. The summed E-state index contributed by atoms with van der Waals surface area (Å²) in [5.74, 6) is 0.533. The van der Waals surface area contributed by atoms with E-state index in [1.54, 1.807) is 0 Å². The SMILES string of the molecule is CC(C)(C)CC(C(=O)N1CCCC1)C(C)(C)C. The molecule has 2 heteroatoms. The van der Waals surface area contributed by atoms with E-state index in [-0.39, 0.29) is 16.7 Å². The molecular formula is C15H29NO. The maximum atomic E-state index is 12.6. The first-order chi connectivity index (χ1) is 7.61. The quantitative estimate of drug-likeness (QED) is 0.719. The van der Waals surface area contributed by atoms with Gasteiger partial charge in [-0.15, -0.1) is 0 Å². The Morgan fingerprint density at radius 2 is 1.53 bits per heavy atom. The summed E-state index contributed by atoms with van der Waals surface area (Å²) in [5.41, 5.74) is 0.278. The average molecular weight is 239 g/mol. The molecule has 1 atom stereocenters. The second-order valence-electron chi connectivity index (χ2n) is 7.72. The van der Waals surface area contributed by atoms with Crippen LogP contribution in [0.15, 0.2) is 0 Å². The van der Waals surface area contributed by atoms with E-state index in [0.29, 0.717) is 5.91 Å². The van der Waals surface area contributed by atoms with Crippen LogP contribution >= 0.6 is 0 Å². The van der Waals surface area contributed by atoms with Crippen molar-refractivity contribution in [1.29, 1.82) is 0 Å². The van der Waals surface area contributed by atoms with Crippen molar-refractivity contribution in [3.05, 3.63) is 0 Å². The van der Waals surface area contributed by atoms with Crippen molar-refractivity contribution in [1.82, 2.24) is 4.90 Å². The van der Waals surface area contributed by atoms with Crippen molar-refractivity contribution in [3.8, 4) is 0 Å². The molecule has 1 aliphatic heterocycles. The molecule has 0 aromatic carbocycles. The zero-order valence-corrected chi connectivity index (χ0v) is 12.5. The number of nitrogens with zero attached hydrogens (tertiary/aromatic N) is 1. The summed E-state index contributed by atoms with van der Waals surface area (Å²) in [6.07, 6.45) is 3.34. The first-order valence-corrected chi connectivity index (χ1v) is 6.90. The molecule has 1 rings (SSSR count). The Morgan fingerprint density at radius 3 is 1.88 bits per heavy atom. The van der Waals surface area contributed by atoms with E-state index in [2.05, 4.69) is 46.4 Å². The minimum atomic E-state index is 0.0625. The molecule has 2 nitrogen and oxygen atoms in total. The molecule has 0 aromatic rings. The van der Waals surface area contributed by atoms with Gasteiger partial charge < -0.3 is 4.90 Å². The number of amides is 1. The lowest BCUT2D eigenvalue weighted by Crippen LogP contribution is -2.41. The van der Waals surface area contributed by atoms with E-state index in [1.807, 2.05) is 0 Å².